The lowest BCUT2D eigenvalue weighted by molar-refractivity contribution is -0.119. The monoisotopic (exact) mass is 322 g/mol. The number of benzene rings is 1. The summed E-state index contributed by atoms with van der Waals surface area (Å²) in [5.74, 6) is -0.498. The van der Waals surface area contributed by atoms with Crippen molar-refractivity contribution in [3.8, 4) is 0 Å². The molecule has 1 N–H and O–H groups in total. The Labute approximate surface area is 131 Å². The van der Waals surface area contributed by atoms with Crippen LogP contribution in [0.3, 0.4) is 0 Å². The van der Waals surface area contributed by atoms with E-state index in [1.807, 2.05) is 19.1 Å². The van der Waals surface area contributed by atoms with Gasteiger partial charge in [-0.15, -0.1) is 0 Å². The van der Waals surface area contributed by atoms with Gasteiger partial charge in [-0.1, -0.05) is 0 Å². The molecule has 2 fully saturated rings. The van der Waals surface area contributed by atoms with Crippen LogP contribution in [0.25, 0.3) is 0 Å². The minimum absolute atomic E-state index is 0.0241. The predicted molar refractivity (Wildman–Crippen MR) is 88.0 cm³/mol. The van der Waals surface area contributed by atoms with E-state index >= 15 is 0 Å². The van der Waals surface area contributed by atoms with E-state index in [0.29, 0.717) is 6.42 Å². The second-order valence-corrected chi connectivity index (χ2v) is 8.51. The Morgan fingerprint density at radius 2 is 2.00 bits per heavy atom. The molecule has 0 aromatic heterocycles. The number of sulfone groups is 1. The van der Waals surface area contributed by atoms with Crippen LogP contribution in [0.1, 0.15) is 24.8 Å². The van der Waals surface area contributed by atoms with Crippen molar-refractivity contribution in [2.24, 2.45) is 5.92 Å². The van der Waals surface area contributed by atoms with Crippen LogP contribution in [-0.2, 0) is 14.6 Å². The number of carbonyl (C=O) groups excluding carboxylic acids is 1. The Kier molecular flexibility index (Phi) is 4.12. The minimum atomic E-state index is -3.03. The van der Waals surface area contributed by atoms with Crippen LogP contribution >= 0.6 is 0 Å². The highest BCUT2D eigenvalue weighted by atomic mass is 32.2. The van der Waals surface area contributed by atoms with E-state index < -0.39 is 15.8 Å². The number of hydrogen-bond acceptors (Lipinski definition) is 4. The fourth-order valence-corrected chi connectivity index (χ4v) is 4.94. The Bertz CT molecular complexity index is 679. The zero-order chi connectivity index (χ0) is 15.7. The van der Waals surface area contributed by atoms with Crippen molar-refractivity contribution in [2.45, 2.75) is 26.2 Å². The first-order chi connectivity index (χ1) is 10.4. The van der Waals surface area contributed by atoms with E-state index in [0.717, 1.165) is 24.3 Å². The molecule has 1 amide bonds. The van der Waals surface area contributed by atoms with E-state index in [4.69, 9.17) is 0 Å². The zero-order valence-corrected chi connectivity index (χ0v) is 13.7. The van der Waals surface area contributed by atoms with E-state index in [2.05, 4.69) is 16.3 Å². The highest BCUT2D eigenvalue weighted by Gasteiger charge is 2.33. The molecule has 0 radical (unpaired) electrons. The van der Waals surface area contributed by atoms with Crippen molar-refractivity contribution in [3.63, 3.8) is 0 Å². The molecule has 1 aromatic carbocycles. The lowest BCUT2D eigenvalue weighted by Gasteiger charge is -2.19. The van der Waals surface area contributed by atoms with E-state index in [1.54, 1.807) is 0 Å². The molecule has 0 saturated carbocycles. The molecule has 120 valence electrons. The SMILES string of the molecule is Cc1cc(N2CCCC2)ccc1NC(=O)C1CCS(=O)(=O)C1. The number of anilines is 2. The van der Waals surface area contributed by atoms with Gasteiger partial charge in [0.2, 0.25) is 5.91 Å². The van der Waals surface area contributed by atoms with Crippen LogP contribution in [0.4, 0.5) is 11.4 Å². The summed E-state index contributed by atoms with van der Waals surface area (Å²) in [5.41, 5.74) is 2.98. The Morgan fingerprint density at radius 3 is 2.59 bits per heavy atom. The average Bonchev–Trinajstić information content (AvgIpc) is 3.10. The molecule has 1 aromatic rings. The molecule has 0 spiro atoms. The maximum Gasteiger partial charge on any atom is 0.228 e. The van der Waals surface area contributed by atoms with Gasteiger partial charge in [-0.2, -0.15) is 0 Å². The molecular formula is C16H22N2O3S. The Balaban J connectivity index is 1.69. The summed E-state index contributed by atoms with van der Waals surface area (Å²) in [6.07, 6.45) is 2.89. The van der Waals surface area contributed by atoms with Gasteiger partial charge < -0.3 is 10.2 Å². The quantitative estimate of drug-likeness (QED) is 0.924. The van der Waals surface area contributed by atoms with E-state index in [9.17, 15) is 13.2 Å². The molecule has 0 aliphatic carbocycles. The minimum Gasteiger partial charge on any atom is -0.372 e. The second kappa shape index (κ2) is 5.91. The molecule has 0 bridgehead atoms. The maximum absolute atomic E-state index is 12.2. The fraction of sp³-hybridized carbons (Fsp3) is 0.562. The highest BCUT2D eigenvalue weighted by Crippen LogP contribution is 2.27. The largest absolute Gasteiger partial charge is 0.372 e. The smallest absolute Gasteiger partial charge is 0.228 e. The molecule has 2 aliphatic heterocycles. The summed E-state index contributed by atoms with van der Waals surface area (Å²) >= 11 is 0. The first kappa shape index (κ1) is 15.3. The first-order valence-electron chi connectivity index (χ1n) is 7.81. The van der Waals surface area contributed by atoms with Gasteiger partial charge in [0.15, 0.2) is 9.84 Å². The van der Waals surface area contributed by atoms with Crippen molar-refractivity contribution in [1.82, 2.24) is 0 Å². The standard InChI is InChI=1S/C16H22N2O3S/c1-12-10-14(18-7-2-3-8-18)4-5-15(12)17-16(19)13-6-9-22(20,21)11-13/h4-5,10,13H,2-3,6-9,11H2,1H3,(H,17,19). The number of nitrogens with zero attached hydrogens (tertiary/aromatic N) is 1. The summed E-state index contributed by atoms with van der Waals surface area (Å²) in [6.45, 7) is 4.15. The summed E-state index contributed by atoms with van der Waals surface area (Å²) < 4.78 is 22.9. The molecule has 22 heavy (non-hydrogen) atoms. The molecule has 5 nitrogen and oxygen atoms in total. The van der Waals surface area contributed by atoms with E-state index in [1.165, 1.54) is 18.5 Å². The van der Waals surface area contributed by atoms with Crippen molar-refractivity contribution < 1.29 is 13.2 Å². The number of nitrogens with one attached hydrogen (secondary N) is 1. The third kappa shape index (κ3) is 3.27. The molecule has 2 saturated heterocycles. The molecule has 2 heterocycles. The van der Waals surface area contributed by atoms with Gasteiger partial charge in [0, 0.05) is 24.5 Å². The lowest BCUT2D eigenvalue weighted by Crippen LogP contribution is -2.24. The van der Waals surface area contributed by atoms with Crippen LogP contribution in [-0.4, -0.2) is 38.9 Å². The van der Waals surface area contributed by atoms with E-state index in [-0.39, 0.29) is 17.4 Å². The summed E-state index contributed by atoms with van der Waals surface area (Å²) in [4.78, 5) is 14.6. The summed E-state index contributed by atoms with van der Waals surface area (Å²) in [6, 6.07) is 6.04. The topological polar surface area (TPSA) is 66.5 Å². The van der Waals surface area contributed by atoms with Gasteiger partial charge in [0.1, 0.15) is 0 Å². The summed E-state index contributed by atoms with van der Waals surface area (Å²) in [7, 11) is -3.03. The lowest BCUT2D eigenvalue weighted by atomic mass is 10.1. The maximum atomic E-state index is 12.2. The Morgan fingerprint density at radius 1 is 1.27 bits per heavy atom. The molecule has 3 rings (SSSR count). The molecular weight excluding hydrogens is 300 g/mol. The predicted octanol–water partition coefficient (Wildman–Crippen LogP) is 1.97. The third-order valence-electron chi connectivity index (χ3n) is 4.54. The van der Waals surface area contributed by atoms with Gasteiger partial charge >= 0.3 is 0 Å². The van der Waals surface area contributed by atoms with Gasteiger partial charge in [0.05, 0.1) is 17.4 Å². The zero-order valence-electron chi connectivity index (χ0n) is 12.8. The van der Waals surface area contributed by atoms with Gasteiger partial charge in [0.25, 0.3) is 0 Å². The fourth-order valence-electron chi connectivity index (χ4n) is 3.20. The number of hydrogen-bond donors (Lipinski definition) is 1. The Hall–Kier alpha value is -1.56. The molecule has 2 aliphatic rings. The van der Waals surface area contributed by atoms with Gasteiger partial charge in [-0.05, 0) is 49.9 Å². The van der Waals surface area contributed by atoms with Crippen LogP contribution in [0.15, 0.2) is 18.2 Å². The number of aryl methyl sites for hydroxylation is 1. The van der Waals surface area contributed by atoms with Crippen molar-refractivity contribution in [2.75, 3.05) is 34.8 Å². The number of carbonyl (C=O) groups is 1. The third-order valence-corrected chi connectivity index (χ3v) is 6.31. The highest BCUT2D eigenvalue weighted by molar-refractivity contribution is 7.91. The van der Waals surface area contributed by atoms with Crippen LogP contribution in [0.2, 0.25) is 0 Å². The number of amides is 1. The second-order valence-electron chi connectivity index (χ2n) is 6.28. The summed E-state index contributed by atoms with van der Waals surface area (Å²) in [5, 5.41) is 2.89. The normalized spacial score (nSPS) is 23.7. The molecule has 1 atom stereocenters. The van der Waals surface area contributed by atoms with Crippen LogP contribution in [0.5, 0.6) is 0 Å². The van der Waals surface area contributed by atoms with Crippen LogP contribution in [0, 0.1) is 12.8 Å². The van der Waals surface area contributed by atoms with Gasteiger partial charge in [-0.25, -0.2) is 8.42 Å². The van der Waals surface area contributed by atoms with Crippen molar-refractivity contribution >= 4 is 27.1 Å². The van der Waals surface area contributed by atoms with Crippen molar-refractivity contribution in [1.29, 1.82) is 0 Å². The number of rotatable bonds is 3. The first-order valence-corrected chi connectivity index (χ1v) is 9.64. The molecule has 1 unspecified atom stereocenters. The van der Waals surface area contributed by atoms with Crippen LogP contribution < -0.4 is 10.2 Å². The van der Waals surface area contributed by atoms with Crippen molar-refractivity contribution in [3.05, 3.63) is 23.8 Å². The average molecular weight is 322 g/mol. The van der Waals surface area contributed by atoms with Gasteiger partial charge in [-0.3, -0.25) is 4.79 Å². The molecule has 6 heteroatoms.